The average molecular weight is 215 g/mol. The van der Waals surface area contributed by atoms with E-state index < -0.39 is 0 Å². The number of hydrogen-bond donors (Lipinski definition) is 0. The lowest BCUT2D eigenvalue weighted by Gasteiger charge is -1.97. The van der Waals surface area contributed by atoms with Crippen molar-refractivity contribution in [1.29, 1.82) is 0 Å². The summed E-state index contributed by atoms with van der Waals surface area (Å²) in [6.45, 7) is 0. The Balaban J connectivity index is 2.85. The van der Waals surface area contributed by atoms with Crippen LogP contribution >= 0.6 is 24.8 Å². The van der Waals surface area contributed by atoms with Crippen LogP contribution in [0.15, 0.2) is 30.3 Å². The molecule has 0 amide bonds. The first-order valence-corrected chi connectivity index (χ1v) is 4.65. The molecule has 1 aromatic carbocycles. The zero-order chi connectivity index (χ0) is 7.40. The quantitative estimate of drug-likeness (QED) is 0.525. The van der Waals surface area contributed by atoms with E-state index in [-0.39, 0.29) is 0 Å². The molecular formula is C8H8BrP. The highest BCUT2D eigenvalue weighted by atomic mass is 79.9. The molecule has 0 nitrogen and oxygen atoms in total. The van der Waals surface area contributed by atoms with Gasteiger partial charge in [-0.15, -0.1) is 8.86 Å². The van der Waals surface area contributed by atoms with Gasteiger partial charge >= 0.3 is 0 Å². The minimum Gasteiger partial charge on any atom is -0.117 e. The maximum absolute atomic E-state index is 3.50. The maximum Gasteiger partial charge on any atom is 0.0326 e. The standard InChI is InChI=1S/C8H8BrP/c9-6-8(10)7-4-2-1-3-5-7/h1-5,10H,6H2. The summed E-state index contributed by atoms with van der Waals surface area (Å²) in [5.74, 6) is 0. The van der Waals surface area contributed by atoms with Crippen LogP contribution < -0.4 is 0 Å². The Hall–Kier alpha value is -0.130. The molecule has 0 aromatic heterocycles. The van der Waals surface area contributed by atoms with Crippen molar-refractivity contribution in [1.82, 2.24) is 0 Å². The highest BCUT2D eigenvalue weighted by molar-refractivity contribution is 9.09. The molecule has 0 aliphatic carbocycles. The van der Waals surface area contributed by atoms with Crippen LogP contribution in [-0.4, -0.2) is 10.6 Å². The molecule has 10 heavy (non-hydrogen) atoms. The first-order chi connectivity index (χ1) is 4.84. The van der Waals surface area contributed by atoms with Crippen LogP contribution in [0.5, 0.6) is 0 Å². The van der Waals surface area contributed by atoms with Gasteiger partial charge in [-0.1, -0.05) is 46.3 Å². The van der Waals surface area contributed by atoms with Gasteiger partial charge in [-0.2, -0.15) is 0 Å². The van der Waals surface area contributed by atoms with Crippen molar-refractivity contribution in [2.24, 2.45) is 0 Å². The van der Waals surface area contributed by atoms with E-state index in [1.165, 1.54) is 10.9 Å². The minimum absolute atomic E-state index is 0.869. The molecule has 52 valence electrons. The molecule has 0 spiro atoms. The van der Waals surface area contributed by atoms with Crippen molar-refractivity contribution in [2.75, 3.05) is 5.33 Å². The molecule has 0 aliphatic rings. The van der Waals surface area contributed by atoms with Crippen molar-refractivity contribution in [2.45, 2.75) is 0 Å². The summed E-state index contributed by atoms with van der Waals surface area (Å²) in [6, 6.07) is 10.2. The van der Waals surface area contributed by atoms with Crippen LogP contribution in [0.25, 0.3) is 0 Å². The van der Waals surface area contributed by atoms with E-state index >= 15 is 0 Å². The molecule has 1 rings (SSSR count). The minimum atomic E-state index is 0.869. The fraction of sp³-hybridized carbons (Fsp3) is 0.125. The van der Waals surface area contributed by atoms with Crippen molar-refractivity contribution in [3.63, 3.8) is 0 Å². The third-order valence-corrected chi connectivity index (χ3v) is 2.80. The molecule has 0 N–H and O–H groups in total. The van der Waals surface area contributed by atoms with Crippen molar-refractivity contribution < 1.29 is 0 Å². The zero-order valence-corrected chi connectivity index (χ0v) is 8.06. The van der Waals surface area contributed by atoms with Crippen LogP contribution in [0.3, 0.4) is 0 Å². The molecule has 2 heteroatoms. The molecule has 0 unspecified atom stereocenters. The second kappa shape index (κ2) is 3.90. The van der Waals surface area contributed by atoms with Crippen molar-refractivity contribution in [3.8, 4) is 0 Å². The van der Waals surface area contributed by atoms with E-state index in [1.807, 2.05) is 18.2 Å². The Bertz CT molecular complexity index is 218. The van der Waals surface area contributed by atoms with E-state index in [0.29, 0.717) is 0 Å². The van der Waals surface area contributed by atoms with Crippen molar-refractivity contribution >= 4 is 30.1 Å². The molecule has 0 radical (unpaired) electrons. The molecule has 0 atom stereocenters. The monoisotopic (exact) mass is 214 g/mol. The van der Waals surface area contributed by atoms with Gasteiger partial charge in [-0.05, 0) is 10.9 Å². The van der Waals surface area contributed by atoms with Crippen LogP contribution in [-0.2, 0) is 0 Å². The smallest absolute Gasteiger partial charge is 0.0326 e. The highest BCUT2D eigenvalue weighted by Gasteiger charge is 1.93. The van der Waals surface area contributed by atoms with Gasteiger partial charge in [0, 0.05) is 5.33 Å². The number of rotatable bonds is 2. The Morgan fingerprint density at radius 3 is 2.40 bits per heavy atom. The normalized spacial score (nSPS) is 9.30. The van der Waals surface area contributed by atoms with Gasteiger partial charge in [0.05, 0.1) is 0 Å². The zero-order valence-electron chi connectivity index (χ0n) is 5.47. The summed E-state index contributed by atoms with van der Waals surface area (Å²) in [5, 5.41) is 2.05. The Labute approximate surface area is 71.6 Å². The SMILES string of the molecule is P=C(CBr)c1ccccc1. The number of alkyl halides is 1. The predicted molar refractivity (Wildman–Crippen MR) is 52.7 cm³/mol. The Morgan fingerprint density at radius 2 is 1.90 bits per heavy atom. The summed E-state index contributed by atoms with van der Waals surface area (Å²) in [4.78, 5) is 0. The lowest BCUT2D eigenvalue weighted by Crippen LogP contribution is -1.95. The molecule has 0 aliphatic heterocycles. The second-order valence-corrected chi connectivity index (χ2v) is 3.14. The fourth-order valence-corrected chi connectivity index (χ4v) is 1.21. The largest absolute Gasteiger partial charge is 0.117 e. The van der Waals surface area contributed by atoms with Gasteiger partial charge in [0.25, 0.3) is 0 Å². The van der Waals surface area contributed by atoms with Gasteiger partial charge in [-0.25, -0.2) is 0 Å². The van der Waals surface area contributed by atoms with Gasteiger partial charge in [0.1, 0.15) is 0 Å². The van der Waals surface area contributed by atoms with E-state index in [9.17, 15) is 0 Å². The van der Waals surface area contributed by atoms with Gasteiger partial charge in [-0.3, -0.25) is 0 Å². The van der Waals surface area contributed by atoms with Gasteiger partial charge in [0.2, 0.25) is 0 Å². The first-order valence-electron chi connectivity index (χ1n) is 3.03. The molecule has 0 saturated carbocycles. The summed E-state index contributed by atoms with van der Waals surface area (Å²) in [7, 11) is 3.50. The van der Waals surface area contributed by atoms with Crippen LogP contribution in [0.1, 0.15) is 5.56 Å². The molecule has 0 bridgehead atoms. The van der Waals surface area contributed by atoms with Gasteiger partial charge in [0.15, 0.2) is 0 Å². The van der Waals surface area contributed by atoms with E-state index in [4.69, 9.17) is 0 Å². The summed E-state index contributed by atoms with van der Waals surface area (Å²) in [6.07, 6.45) is 0. The third kappa shape index (κ3) is 1.93. The molecule has 0 fully saturated rings. The summed E-state index contributed by atoms with van der Waals surface area (Å²) < 4.78 is 0. The first kappa shape index (κ1) is 7.97. The highest BCUT2D eigenvalue weighted by Crippen LogP contribution is 2.03. The number of hydrogen-bond acceptors (Lipinski definition) is 0. The molecule has 0 heterocycles. The Morgan fingerprint density at radius 1 is 1.30 bits per heavy atom. The second-order valence-electron chi connectivity index (χ2n) is 1.98. The summed E-state index contributed by atoms with van der Waals surface area (Å²) >= 11 is 3.37. The van der Waals surface area contributed by atoms with Crippen molar-refractivity contribution in [3.05, 3.63) is 35.9 Å². The molecule has 0 saturated heterocycles. The lowest BCUT2D eigenvalue weighted by atomic mass is 10.2. The summed E-state index contributed by atoms with van der Waals surface area (Å²) in [5.41, 5.74) is 1.23. The van der Waals surface area contributed by atoms with E-state index in [2.05, 4.69) is 36.9 Å². The molecular weight excluding hydrogens is 207 g/mol. The van der Waals surface area contributed by atoms with E-state index in [0.717, 1.165) is 5.33 Å². The molecule has 1 aromatic rings. The average Bonchev–Trinajstić information content (AvgIpc) is 2.05. The fourth-order valence-electron chi connectivity index (χ4n) is 0.716. The third-order valence-electron chi connectivity index (χ3n) is 1.26. The lowest BCUT2D eigenvalue weighted by molar-refractivity contribution is 1.66. The topological polar surface area (TPSA) is 0 Å². The van der Waals surface area contributed by atoms with E-state index in [1.54, 1.807) is 0 Å². The van der Waals surface area contributed by atoms with Gasteiger partial charge < -0.3 is 0 Å². The maximum atomic E-state index is 3.50. The van der Waals surface area contributed by atoms with Crippen LogP contribution in [0.4, 0.5) is 0 Å². The predicted octanol–water partition coefficient (Wildman–Crippen LogP) is 2.74. The van der Waals surface area contributed by atoms with Crippen LogP contribution in [0, 0.1) is 0 Å². The Kier molecular flexibility index (Phi) is 3.11. The van der Waals surface area contributed by atoms with Crippen LogP contribution in [0.2, 0.25) is 0 Å². The number of halogens is 1. The number of benzene rings is 1.